The maximum atomic E-state index is 13.4. The van der Waals surface area contributed by atoms with E-state index in [1.807, 2.05) is 12.3 Å². The second-order valence-corrected chi connectivity index (χ2v) is 3.93. The Kier molecular flexibility index (Phi) is 3.57. The topological polar surface area (TPSA) is 27.8 Å². The maximum absolute atomic E-state index is 13.4. The van der Waals surface area contributed by atoms with E-state index < -0.39 is 0 Å². The minimum absolute atomic E-state index is 0.171. The lowest BCUT2D eigenvalue weighted by Crippen LogP contribution is -2.14. The lowest BCUT2D eigenvalue weighted by molar-refractivity contribution is 0.637. The Morgan fingerprint density at radius 1 is 1.38 bits per heavy atom. The number of halogens is 1. The maximum Gasteiger partial charge on any atom is 0.147 e. The molecule has 0 aliphatic rings. The summed E-state index contributed by atoms with van der Waals surface area (Å²) in [6.07, 6.45) is 3.98. The second kappa shape index (κ2) is 5.12. The number of rotatable bonds is 5. The Hall–Kier alpha value is -1.35. The molecule has 3 heteroatoms. The summed E-state index contributed by atoms with van der Waals surface area (Å²) in [6, 6.07) is 5.22. The molecule has 1 aromatic heterocycles. The van der Waals surface area contributed by atoms with Gasteiger partial charge >= 0.3 is 0 Å². The fourth-order valence-electron chi connectivity index (χ4n) is 1.96. The third kappa shape index (κ3) is 2.25. The van der Waals surface area contributed by atoms with E-state index >= 15 is 0 Å². The van der Waals surface area contributed by atoms with Crippen LogP contribution < -0.4 is 5.32 Å². The first-order chi connectivity index (χ1) is 7.83. The number of aromatic amines is 1. The monoisotopic (exact) mass is 220 g/mol. The van der Waals surface area contributed by atoms with Crippen LogP contribution in [0.25, 0.3) is 10.9 Å². The van der Waals surface area contributed by atoms with Crippen molar-refractivity contribution in [1.29, 1.82) is 0 Å². The molecule has 0 radical (unpaired) electrons. The van der Waals surface area contributed by atoms with Gasteiger partial charge in [-0.2, -0.15) is 0 Å². The molecule has 0 amide bonds. The largest absolute Gasteiger partial charge is 0.359 e. The first-order valence-electron chi connectivity index (χ1n) is 5.78. The highest BCUT2D eigenvalue weighted by atomic mass is 19.1. The average Bonchev–Trinajstić information content (AvgIpc) is 2.70. The standard InChI is InChI=1S/C13H17FN2/c1-2-15-8-4-5-10-9-16-13-11(10)6-3-7-12(13)14/h3,6-7,9,15-16H,2,4-5,8H2,1H3. The minimum atomic E-state index is -0.171. The van der Waals surface area contributed by atoms with E-state index in [9.17, 15) is 4.39 Å². The highest BCUT2D eigenvalue weighted by Gasteiger charge is 2.06. The average molecular weight is 220 g/mol. The SMILES string of the molecule is CCNCCCc1c[nH]c2c(F)cccc12. The van der Waals surface area contributed by atoms with Crippen LogP contribution in [0, 0.1) is 5.82 Å². The van der Waals surface area contributed by atoms with Crippen molar-refractivity contribution >= 4 is 10.9 Å². The molecule has 0 aliphatic carbocycles. The number of H-pyrrole nitrogens is 1. The Balaban J connectivity index is 2.10. The summed E-state index contributed by atoms with van der Waals surface area (Å²) in [4.78, 5) is 3.00. The van der Waals surface area contributed by atoms with E-state index in [4.69, 9.17) is 0 Å². The third-order valence-electron chi connectivity index (χ3n) is 2.80. The van der Waals surface area contributed by atoms with Crippen molar-refractivity contribution < 1.29 is 4.39 Å². The molecule has 1 aromatic carbocycles. The van der Waals surface area contributed by atoms with Gasteiger partial charge in [0.05, 0.1) is 5.52 Å². The van der Waals surface area contributed by atoms with Crippen LogP contribution in [-0.4, -0.2) is 18.1 Å². The second-order valence-electron chi connectivity index (χ2n) is 3.93. The van der Waals surface area contributed by atoms with Crippen LogP contribution in [-0.2, 0) is 6.42 Å². The van der Waals surface area contributed by atoms with E-state index in [2.05, 4.69) is 17.2 Å². The van der Waals surface area contributed by atoms with Crippen LogP contribution in [0.15, 0.2) is 24.4 Å². The third-order valence-corrected chi connectivity index (χ3v) is 2.80. The number of aryl methyl sites for hydroxylation is 1. The molecule has 16 heavy (non-hydrogen) atoms. The van der Waals surface area contributed by atoms with Crippen LogP contribution in [0.3, 0.4) is 0 Å². The molecule has 0 fully saturated rings. The Morgan fingerprint density at radius 2 is 2.25 bits per heavy atom. The number of para-hydroxylation sites is 1. The quantitative estimate of drug-likeness (QED) is 0.745. The molecule has 0 atom stereocenters. The van der Waals surface area contributed by atoms with Crippen molar-refractivity contribution in [3.05, 3.63) is 35.8 Å². The van der Waals surface area contributed by atoms with Crippen LogP contribution >= 0.6 is 0 Å². The van der Waals surface area contributed by atoms with E-state index in [0.29, 0.717) is 5.52 Å². The molecule has 2 aromatic rings. The van der Waals surface area contributed by atoms with Gasteiger partial charge in [-0.3, -0.25) is 0 Å². The molecule has 86 valence electrons. The number of benzene rings is 1. The summed E-state index contributed by atoms with van der Waals surface area (Å²) < 4.78 is 13.4. The van der Waals surface area contributed by atoms with Crippen LogP contribution in [0.5, 0.6) is 0 Å². The summed E-state index contributed by atoms with van der Waals surface area (Å²) >= 11 is 0. The van der Waals surface area contributed by atoms with Gasteiger partial charge in [0.2, 0.25) is 0 Å². The van der Waals surface area contributed by atoms with Gasteiger partial charge < -0.3 is 10.3 Å². The molecule has 2 N–H and O–H groups in total. The summed E-state index contributed by atoms with van der Waals surface area (Å²) in [5, 5.41) is 4.30. The molecule has 1 heterocycles. The van der Waals surface area contributed by atoms with Crippen molar-refractivity contribution in [2.24, 2.45) is 0 Å². The summed E-state index contributed by atoms with van der Waals surface area (Å²) in [6.45, 7) is 4.11. The Morgan fingerprint density at radius 3 is 3.06 bits per heavy atom. The van der Waals surface area contributed by atoms with Gasteiger partial charge in [0.25, 0.3) is 0 Å². The van der Waals surface area contributed by atoms with Crippen LogP contribution in [0.2, 0.25) is 0 Å². The zero-order valence-electron chi connectivity index (χ0n) is 9.52. The molecular formula is C13H17FN2. The number of hydrogen-bond donors (Lipinski definition) is 2. The molecule has 0 saturated carbocycles. The molecule has 0 saturated heterocycles. The zero-order valence-corrected chi connectivity index (χ0v) is 9.52. The first kappa shape index (κ1) is 11.1. The van der Waals surface area contributed by atoms with Crippen molar-refractivity contribution in [3.63, 3.8) is 0 Å². The summed E-state index contributed by atoms with van der Waals surface area (Å²) in [7, 11) is 0. The van der Waals surface area contributed by atoms with Gasteiger partial charge in [0, 0.05) is 11.6 Å². The highest BCUT2D eigenvalue weighted by Crippen LogP contribution is 2.21. The van der Waals surface area contributed by atoms with E-state index in [1.165, 1.54) is 11.6 Å². The van der Waals surface area contributed by atoms with Crippen LogP contribution in [0.4, 0.5) is 4.39 Å². The van der Waals surface area contributed by atoms with Crippen molar-refractivity contribution in [3.8, 4) is 0 Å². The van der Waals surface area contributed by atoms with E-state index in [1.54, 1.807) is 6.07 Å². The van der Waals surface area contributed by atoms with Crippen molar-refractivity contribution in [2.45, 2.75) is 19.8 Å². The molecular weight excluding hydrogens is 203 g/mol. The van der Waals surface area contributed by atoms with Gasteiger partial charge in [-0.1, -0.05) is 19.1 Å². The smallest absolute Gasteiger partial charge is 0.147 e. The summed E-state index contributed by atoms with van der Waals surface area (Å²) in [5.74, 6) is -0.171. The highest BCUT2D eigenvalue weighted by molar-refractivity contribution is 5.83. The van der Waals surface area contributed by atoms with Gasteiger partial charge in [-0.05, 0) is 37.6 Å². The minimum Gasteiger partial charge on any atom is -0.359 e. The lowest BCUT2D eigenvalue weighted by atomic mass is 10.1. The first-order valence-corrected chi connectivity index (χ1v) is 5.78. The molecule has 2 nitrogen and oxygen atoms in total. The van der Waals surface area contributed by atoms with E-state index in [0.717, 1.165) is 31.3 Å². The van der Waals surface area contributed by atoms with Gasteiger partial charge in [-0.25, -0.2) is 4.39 Å². The van der Waals surface area contributed by atoms with Crippen molar-refractivity contribution in [1.82, 2.24) is 10.3 Å². The number of aromatic nitrogens is 1. The molecule has 0 spiro atoms. The van der Waals surface area contributed by atoms with Crippen molar-refractivity contribution in [2.75, 3.05) is 13.1 Å². The molecule has 0 unspecified atom stereocenters. The number of fused-ring (bicyclic) bond motifs is 1. The Bertz CT molecular complexity index is 462. The normalized spacial score (nSPS) is 11.1. The number of nitrogens with one attached hydrogen (secondary N) is 2. The summed E-state index contributed by atoms with van der Waals surface area (Å²) in [5.41, 5.74) is 1.83. The predicted molar refractivity (Wildman–Crippen MR) is 65.1 cm³/mol. The number of hydrogen-bond acceptors (Lipinski definition) is 1. The fraction of sp³-hybridized carbons (Fsp3) is 0.385. The van der Waals surface area contributed by atoms with Gasteiger partial charge in [-0.15, -0.1) is 0 Å². The molecule has 2 rings (SSSR count). The zero-order chi connectivity index (χ0) is 11.4. The van der Waals surface area contributed by atoms with Gasteiger partial charge in [0.15, 0.2) is 0 Å². The Labute approximate surface area is 94.9 Å². The van der Waals surface area contributed by atoms with Gasteiger partial charge in [0.1, 0.15) is 5.82 Å². The molecule has 0 bridgehead atoms. The molecule has 0 aliphatic heterocycles. The fourth-order valence-corrected chi connectivity index (χ4v) is 1.96. The predicted octanol–water partition coefficient (Wildman–Crippen LogP) is 2.85. The lowest BCUT2D eigenvalue weighted by Gasteiger charge is -2.01. The van der Waals surface area contributed by atoms with E-state index in [-0.39, 0.29) is 5.82 Å². The van der Waals surface area contributed by atoms with Crippen LogP contribution in [0.1, 0.15) is 18.9 Å².